The van der Waals surface area contributed by atoms with Gasteiger partial charge in [-0.25, -0.2) is 0 Å². The van der Waals surface area contributed by atoms with Gasteiger partial charge in [0, 0.05) is 16.7 Å². The molecule has 38 heavy (non-hydrogen) atoms. The highest BCUT2D eigenvalue weighted by Gasteiger charge is 2.78. The van der Waals surface area contributed by atoms with Gasteiger partial charge >= 0.3 is 0 Å². The molecule has 1 aliphatic heterocycles. The van der Waals surface area contributed by atoms with Crippen LogP contribution >= 0.6 is 0 Å². The van der Waals surface area contributed by atoms with Crippen LogP contribution < -0.4 is 0 Å². The number of ketones is 1. The molecular weight excluding hydrogens is 480 g/mol. The van der Waals surface area contributed by atoms with Gasteiger partial charge in [-0.15, -0.1) is 0 Å². The number of aliphatic hydroxyl groups excluding tert-OH is 1. The smallest absolute Gasteiger partial charge is 0.159 e. The van der Waals surface area contributed by atoms with Crippen molar-refractivity contribution in [1.29, 1.82) is 0 Å². The summed E-state index contributed by atoms with van der Waals surface area (Å²) in [5.41, 5.74) is -3.73. The SMILES string of the molecule is CC(C)[C@@](C)(O)[C@H]1O[C@@H]1[C@](C)(O)[C@H]1CC2(CCCC2)[C@@]2(O)C3=CC(=O)[C@@H]4C[C@@H](O)CC[C@]4(C)[C@H]3CC[C@]12C. The zero-order valence-corrected chi connectivity index (χ0v) is 24.3. The van der Waals surface area contributed by atoms with E-state index in [1.807, 2.05) is 20.8 Å². The topological polar surface area (TPSA) is 111 Å². The fourth-order valence-electron chi connectivity index (χ4n) is 10.8. The van der Waals surface area contributed by atoms with Crippen LogP contribution in [-0.4, -0.2) is 61.3 Å². The summed E-state index contributed by atoms with van der Waals surface area (Å²) < 4.78 is 6.08. The highest BCUT2D eigenvalue weighted by atomic mass is 16.6. The van der Waals surface area contributed by atoms with Crippen molar-refractivity contribution in [2.24, 2.45) is 39.9 Å². The summed E-state index contributed by atoms with van der Waals surface area (Å²) in [6.45, 7) is 12.0. The third-order valence-corrected chi connectivity index (χ3v) is 13.5. The van der Waals surface area contributed by atoms with E-state index in [9.17, 15) is 25.2 Å². The largest absolute Gasteiger partial charge is 0.393 e. The lowest BCUT2D eigenvalue weighted by molar-refractivity contribution is -0.171. The first-order valence-corrected chi connectivity index (χ1v) is 15.3. The second-order valence-electron chi connectivity index (χ2n) is 15.5. The zero-order valence-electron chi connectivity index (χ0n) is 24.3. The molecule has 0 amide bonds. The number of hydrogen-bond donors (Lipinski definition) is 4. The van der Waals surface area contributed by atoms with E-state index in [0.717, 1.165) is 50.5 Å². The number of carbonyl (C=O) groups excluding carboxylic acids is 1. The summed E-state index contributed by atoms with van der Waals surface area (Å²) in [6, 6.07) is 0. The van der Waals surface area contributed by atoms with Crippen LogP contribution in [0.3, 0.4) is 0 Å². The Morgan fingerprint density at radius 3 is 2.29 bits per heavy atom. The maximum Gasteiger partial charge on any atom is 0.159 e. The van der Waals surface area contributed by atoms with Crippen molar-refractivity contribution in [1.82, 2.24) is 0 Å². The predicted octanol–water partition coefficient (Wildman–Crippen LogP) is 4.32. The average molecular weight is 531 g/mol. The van der Waals surface area contributed by atoms with Gasteiger partial charge in [-0.05, 0) is 100 Å². The third-order valence-electron chi connectivity index (χ3n) is 13.5. The molecule has 11 atom stereocenters. The van der Waals surface area contributed by atoms with E-state index in [2.05, 4.69) is 13.8 Å². The summed E-state index contributed by atoms with van der Waals surface area (Å²) in [6.07, 6.45) is 8.76. The molecule has 5 fully saturated rings. The molecule has 0 bridgehead atoms. The van der Waals surface area contributed by atoms with Gasteiger partial charge < -0.3 is 25.2 Å². The van der Waals surface area contributed by atoms with Gasteiger partial charge in [-0.3, -0.25) is 4.79 Å². The Morgan fingerprint density at radius 2 is 1.66 bits per heavy atom. The molecule has 0 radical (unpaired) electrons. The number of ether oxygens (including phenoxy) is 1. The highest BCUT2D eigenvalue weighted by Crippen LogP contribution is 2.76. The number of fused-ring (bicyclic) bond motifs is 6. The number of carbonyl (C=O) groups is 1. The lowest BCUT2D eigenvalue weighted by Gasteiger charge is -2.62. The Bertz CT molecular complexity index is 1040. The zero-order chi connectivity index (χ0) is 27.7. The van der Waals surface area contributed by atoms with Gasteiger partial charge in [-0.1, -0.05) is 40.5 Å². The Labute approximate surface area is 228 Å². The molecule has 0 aromatic rings. The molecule has 1 spiro atoms. The van der Waals surface area contributed by atoms with Gasteiger partial charge in [0.25, 0.3) is 0 Å². The van der Waals surface area contributed by atoms with E-state index >= 15 is 0 Å². The molecule has 6 heteroatoms. The Morgan fingerprint density at radius 1 is 1.00 bits per heavy atom. The summed E-state index contributed by atoms with van der Waals surface area (Å²) in [4.78, 5) is 13.7. The molecule has 6 aliphatic rings. The Balaban J connectivity index is 1.43. The number of rotatable bonds is 4. The second kappa shape index (κ2) is 8.15. The number of allylic oxidation sites excluding steroid dienone is 1. The Hall–Kier alpha value is -0.790. The van der Waals surface area contributed by atoms with Gasteiger partial charge in [0.2, 0.25) is 0 Å². The molecule has 0 aromatic carbocycles. The molecule has 6 rings (SSSR count). The molecule has 1 heterocycles. The molecule has 6 nitrogen and oxygen atoms in total. The molecule has 214 valence electrons. The van der Waals surface area contributed by atoms with Crippen molar-refractivity contribution >= 4 is 5.78 Å². The first-order chi connectivity index (χ1) is 17.6. The minimum absolute atomic E-state index is 0.0119. The molecule has 0 aromatic heterocycles. The van der Waals surface area contributed by atoms with Gasteiger partial charge in [0.05, 0.1) is 22.9 Å². The van der Waals surface area contributed by atoms with Crippen molar-refractivity contribution in [2.75, 3.05) is 0 Å². The van der Waals surface area contributed by atoms with Gasteiger partial charge in [-0.2, -0.15) is 0 Å². The van der Waals surface area contributed by atoms with Crippen LogP contribution in [0.15, 0.2) is 11.6 Å². The second-order valence-corrected chi connectivity index (χ2v) is 15.5. The molecule has 0 unspecified atom stereocenters. The lowest BCUT2D eigenvalue weighted by Crippen LogP contribution is -2.64. The van der Waals surface area contributed by atoms with E-state index in [1.165, 1.54) is 0 Å². The van der Waals surface area contributed by atoms with Crippen LogP contribution in [0.2, 0.25) is 0 Å². The van der Waals surface area contributed by atoms with Crippen molar-refractivity contribution in [3.05, 3.63) is 11.6 Å². The number of hydrogen-bond acceptors (Lipinski definition) is 6. The third kappa shape index (κ3) is 3.22. The molecule has 5 aliphatic carbocycles. The van der Waals surface area contributed by atoms with E-state index < -0.39 is 40.5 Å². The summed E-state index contributed by atoms with van der Waals surface area (Å²) in [7, 11) is 0. The first kappa shape index (κ1) is 27.4. The standard InChI is InChI=1S/C32H50O6/c1-18(2)29(5,35)25-26(38-25)30(6,36)24-17-31(11-7-8-12-31)32(37)21-16-23(34)22-15-19(33)9-13-27(22,3)20(21)10-14-28(24,32)4/h16,18-20,22,24-26,33,35-37H,7-15,17H2,1-6H3/t19-,20-,22-,24-,25-,26-,27+,28+,29+,30+,32+/m0/s1. The van der Waals surface area contributed by atoms with Crippen LogP contribution in [-0.2, 0) is 9.53 Å². The van der Waals surface area contributed by atoms with Crippen LogP contribution in [0.1, 0.15) is 106 Å². The van der Waals surface area contributed by atoms with Gasteiger partial charge in [0.1, 0.15) is 12.2 Å². The van der Waals surface area contributed by atoms with Crippen LogP contribution in [0.5, 0.6) is 0 Å². The maximum absolute atomic E-state index is 13.7. The number of epoxide rings is 1. The van der Waals surface area contributed by atoms with E-state index in [4.69, 9.17) is 4.74 Å². The fourth-order valence-corrected chi connectivity index (χ4v) is 10.8. The van der Waals surface area contributed by atoms with Crippen LogP contribution in [0, 0.1) is 39.9 Å². The normalized spacial score (nSPS) is 50.6. The monoisotopic (exact) mass is 530 g/mol. The van der Waals surface area contributed by atoms with E-state index in [0.29, 0.717) is 19.3 Å². The minimum Gasteiger partial charge on any atom is -0.393 e. The fraction of sp³-hybridized carbons (Fsp3) is 0.906. The lowest BCUT2D eigenvalue weighted by atomic mass is 9.43. The van der Waals surface area contributed by atoms with E-state index in [1.54, 1.807) is 13.0 Å². The number of aliphatic hydroxyl groups is 4. The highest BCUT2D eigenvalue weighted by molar-refractivity contribution is 5.95. The molecule has 4 saturated carbocycles. The van der Waals surface area contributed by atoms with Crippen molar-refractivity contribution < 1.29 is 30.0 Å². The minimum atomic E-state index is -1.22. The average Bonchev–Trinajstić information content (AvgIpc) is 3.49. The van der Waals surface area contributed by atoms with Crippen LogP contribution in [0.4, 0.5) is 0 Å². The van der Waals surface area contributed by atoms with Crippen molar-refractivity contribution in [3.63, 3.8) is 0 Å². The van der Waals surface area contributed by atoms with Crippen LogP contribution in [0.25, 0.3) is 0 Å². The quantitative estimate of drug-likeness (QED) is 0.403. The Kier molecular flexibility index (Phi) is 5.87. The molecular formula is C32H50O6. The van der Waals surface area contributed by atoms with E-state index in [-0.39, 0.29) is 40.3 Å². The first-order valence-electron chi connectivity index (χ1n) is 15.3. The predicted molar refractivity (Wildman–Crippen MR) is 144 cm³/mol. The summed E-state index contributed by atoms with van der Waals surface area (Å²) >= 11 is 0. The van der Waals surface area contributed by atoms with Crippen molar-refractivity contribution in [3.8, 4) is 0 Å². The molecule has 1 saturated heterocycles. The van der Waals surface area contributed by atoms with Crippen molar-refractivity contribution in [2.45, 2.75) is 141 Å². The van der Waals surface area contributed by atoms with Gasteiger partial charge in [0.15, 0.2) is 5.78 Å². The summed E-state index contributed by atoms with van der Waals surface area (Å²) in [5, 5.41) is 47.1. The maximum atomic E-state index is 13.7. The summed E-state index contributed by atoms with van der Waals surface area (Å²) in [5.74, 6) is -0.235. The molecule has 4 N–H and O–H groups in total.